The number of rotatable bonds is 10. The summed E-state index contributed by atoms with van der Waals surface area (Å²) in [6, 6.07) is 0. The van der Waals surface area contributed by atoms with Crippen LogP contribution in [0.3, 0.4) is 0 Å². The Morgan fingerprint density at radius 1 is 1.25 bits per heavy atom. The minimum atomic E-state index is -0.982. The third kappa shape index (κ3) is 5.89. The van der Waals surface area contributed by atoms with Crippen molar-refractivity contribution >= 4 is 0 Å². The molecule has 1 rings (SSSR count). The maximum absolute atomic E-state index is 9.71. The van der Waals surface area contributed by atoms with E-state index in [0.717, 1.165) is 25.7 Å². The number of hydrogen-bond donors (Lipinski definition) is 3. The Hall–Kier alpha value is -0.460. The molecule has 118 valence electrons. The van der Waals surface area contributed by atoms with Crippen LogP contribution in [0.25, 0.3) is 0 Å². The van der Waals surface area contributed by atoms with E-state index in [1.165, 1.54) is 6.42 Å². The molecule has 0 aromatic heterocycles. The van der Waals surface area contributed by atoms with Crippen molar-refractivity contribution in [1.29, 1.82) is 0 Å². The molecule has 0 spiro atoms. The Morgan fingerprint density at radius 3 is 2.60 bits per heavy atom. The lowest BCUT2D eigenvalue weighted by molar-refractivity contribution is -0.101. The Kier molecular flexibility index (Phi) is 9.05. The maximum atomic E-state index is 9.71. The smallest absolute Gasteiger partial charge is 0.114 e. The highest BCUT2D eigenvalue weighted by Crippen LogP contribution is 2.19. The number of hydrogen-bond acceptors (Lipinski definition) is 5. The Labute approximate surface area is 121 Å². The molecule has 0 unspecified atom stereocenters. The van der Waals surface area contributed by atoms with Gasteiger partial charge in [-0.1, -0.05) is 25.5 Å². The van der Waals surface area contributed by atoms with Gasteiger partial charge in [-0.15, -0.1) is 0 Å². The summed E-state index contributed by atoms with van der Waals surface area (Å²) >= 11 is 0. The molecule has 1 saturated heterocycles. The highest BCUT2D eigenvalue weighted by molar-refractivity contribution is 4.88. The lowest BCUT2D eigenvalue weighted by Crippen LogP contribution is -2.42. The molecule has 0 aromatic carbocycles. The summed E-state index contributed by atoms with van der Waals surface area (Å²) in [5.41, 5.74) is 0. The monoisotopic (exact) mass is 288 g/mol. The van der Waals surface area contributed by atoms with E-state index in [1.807, 2.05) is 0 Å². The van der Waals surface area contributed by atoms with Gasteiger partial charge in [0.15, 0.2) is 0 Å². The van der Waals surface area contributed by atoms with E-state index < -0.39 is 24.4 Å². The summed E-state index contributed by atoms with van der Waals surface area (Å²) < 4.78 is 10.8. The third-order valence-electron chi connectivity index (χ3n) is 3.46. The number of aliphatic hydroxyl groups excluding tert-OH is 3. The van der Waals surface area contributed by atoms with E-state index in [9.17, 15) is 15.3 Å². The minimum absolute atomic E-state index is 0.0912. The van der Waals surface area contributed by atoms with Crippen LogP contribution in [0.4, 0.5) is 0 Å². The molecule has 5 heteroatoms. The van der Waals surface area contributed by atoms with E-state index in [0.29, 0.717) is 6.61 Å². The molecule has 0 bridgehead atoms. The number of allylic oxidation sites excluding steroid dienone is 2. The molecule has 0 aliphatic carbocycles. The fourth-order valence-corrected chi connectivity index (χ4v) is 2.21. The second-order valence-corrected chi connectivity index (χ2v) is 5.20. The van der Waals surface area contributed by atoms with E-state index in [2.05, 4.69) is 19.1 Å². The van der Waals surface area contributed by atoms with Gasteiger partial charge in [0.1, 0.15) is 24.4 Å². The van der Waals surface area contributed by atoms with Crippen molar-refractivity contribution < 1.29 is 24.8 Å². The molecule has 1 aliphatic rings. The second kappa shape index (κ2) is 10.3. The predicted molar refractivity (Wildman–Crippen MR) is 76.5 cm³/mol. The van der Waals surface area contributed by atoms with Crippen LogP contribution in [0.15, 0.2) is 12.2 Å². The molecule has 4 atom stereocenters. The van der Waals surface area contributed by atoms with Crippen molar-refractivity contribution in [3.8, 4) is 0 Å². The van der Waals surface area contributed by atoms with Crippen molar-refractivity contribution in [1.82, 2.24) is 0 Å². The zero-order valence-electron chi connectivity index (χ0n) is 12.3. The first-order chi connectivity index (χ1) is 9.70. The van der Waals surface area contributed by atoms with Crippen LogP contribution in [0.5, 0.6) is 0 Å². The quantitative estimate of drug-likeness (QED) is 0.413. The Balaban J connectivity index is 2.13. The van der Waals surface area contributed by atoms with Gasteiger partial charge < -0.3 is 24.8 Å². The Bertz CT molecular complexity index is 269. The highest BCUT2D eigenvalue weighted by atomic mass is 16.6. The highest BCUT2D eigenvalue weighted by Gasteiger charge is 2.40. The first kappa shape index (κ1) is 17.6. The first-order valence-electron chi connectivity index (χ1n) is 7.55. The van der Waals surface area contributed by atoms with Crippen molar-refractivity contribution in [2.24, 2.45) is 0 Å². The SMILES string of the molecule is CCC/C=C/CCCCO[C@@H](CO)[C@H]1OC[C@@H](O)[C@H]1O. The molecular weight excluding hydrogens is 260 g/mol. The van der Waals surface area contributed by atoms with Crippen LogP contribution in [0.1, 0.15) is 39.0 Å². The zero-order valence-corrected chi connectivity index (χ0v) is 12.3. The van der Waals surface area contributed by atoms with Crippen LogP contribution in [-0.4, -0.2) is 59.6 Å². The molecular formula is C15H28O5. The topological polar surface area (TPSA) is 79.2 Å². The first-order valence-corrected chi connectivity index (χ1v) is 7.55. The number of ether oxygens (including phenoxy) is 2. The van der Waals surface area contributed by atoms with Gasteiger partial charge in [0.2, 0.25) is 0 Å². The molecule has 3 N–H and O–H groups in total. The van der Waals surface area contributed by atoms with Gasteiger partial charge >= 0.3 is 0 Å². The van der Waals surface area contributed by atoms with Gasteiger partial charge in [0, 0.05) is 6.61 Å². The summed E-state index contributed by atoms with van der Waals surface area (Å²) in [5, 5.41) is 28.4. The van der Waals surface area contributed by atoms with Gasteiger partial charge in [-0.25, -0.2) is 0 Å². The molecule has 5 nitrogen and oxygen atoms in total. The standard InChI is InChI=1S/C15H28O5/c1-2-3-4-5-6-7-8-9-19-13(10-16)15-14(18)12(17)11-20-15/h4-5,12-18H,2-3,6-11H2,1H3/b5-4+/t12-,13+,14-,15-/m1/s1. The summed E-state index contributed by atoms with van der Waals surface area (Å²) in [7, 11) is 0. The molecule has 1 heterocycles. The average Bonchev–Trinajstić information content (AvgIpc) is 2.78. The molecule has 0 radical (unpaired) electrons. The number of unbranched alkanes of at least 4 members (excludes halogenated alkanes) is 3. The summed E-state index contributed by atoms with van der Waals surface area (Å²) in [6.45, 7) is 2.55. The van der Waals surface area contributed by atoms with E-state index >= 15 is 0 Å². The van der Waals surface area contributed by atoms with Gasteiger partial charge in [0.05, 0.1) is 13.2 Å². The summed E-state index contributed by atoms with van der Waals surface area (Å²) in [6.07, 6.45) is 6.58. The van der Waals surface area contributed by atoms with E-state index in [1.54, 1.807) is 0 Å². The van der Waals surface area contributed by atoms with Crippen molar-refractivity contribution in [2.75, 3.05) is 19.8 Å². The molecule has 0 amide bonds. The van der Waals surface area contributed by atoms with Crippen molar-refractivity contribution in [3.05, 3.63) is 12.2 Å². The lowest BCUT2D eigenvalue weighted by atomic mass is 10.1. The van der Waals surface area contributed by atoms with Crippen LogP contribution in [0.2, 0.25) is 0 Å². The van der Waals surface area contributed by atoms with Gasteiger partial charge in [-0.3, -0.25) is 0 Å². The van der Waals surface area contributed by atoms with E-state index in [-0.39, 0.29) is 13.2 Å². The largest absolute Gasteiger partial charge is 0.394 e. The molecule has 0 saturated carbocycles. The molecule has 20 heavy (non-hydrogen) atoms. The predicted octanol–water partition coefficient (Wildman–Crippen LogP) is 1.01. The Morgan fingerprint density at radius 2 is 2.00 bits per heavy atom. The van der Waals surface area contributed by atoms with Gasteiger partial charge in [-0.05, 0) is 25.7 Å². The molecule has 0 aromatic rings. The van der Waals surface area contributed by atoms with Gasteiger partial charge in [-0.2, -0.15) is 0 Å². The third-order valence-corrected chi connectivity index (χ3v) is 3.46. The number of aliphatic hydroxyl groups is 3. The van der Waals surface area contributed by atoms with Crippen LogP contribution in [-0.2, 0) is 9.47 Å². The zero-order chi connectivity index (χ0) is 14.8. The average molecular weight is 288 g/mol. The van der Waals surface area contributed by atoms with Crippen LogP contribution >= 0.6 is 0 Å². The molecule has 1 aliphatic heterocycles. The second-order valence-electron chi connectivity index (χ2n) is 5.20. The van der Waals surface area contributed by atoms with Gasteiger partial charge in [0.25, 0.3) is 0 Å². The summed E-state index contributed by atoms with van der Waals surface area (Å²) in [5.74, 6) is 0. The fraction of sp³-hybridized carbons (Fsp3) is 0.867. The molecule has 1 fully saturated rings. The van der Waals surface area contributed by atoms with E-state index in [4.69, 9.17) is 9.47 Å². The minimum Gasteiger partial charge on any atom is -0.394 e. The van der Waals surface area contributed by atoms with Crippen LogP contribution < -0.4 is 0 Å². The summed E-state index contributed by atoms with van der Waals surface area (Å²) in [4.78, 5) is 0. The van der Waals surface area contributed by atoms with Crippen LogP contribution in [0, 0.1) is 0 Å². The maximum Gasteiger partial charge on any atom is 0.114 e. The lowest BCUT2D eigenvalue weighted by Gasteiger charge is -2.24. The van der Waals surface area contributed by atoms with Crippen molar-refractivity contribution in [2.45, 2.75) is 63.4 Å². The fourth-order valence-electron chi connectivity index (χ4n) is 2.21. The normalized spacial score (nSPS) is 28.3. The van der Waals surface area contributed by atoms with Crippen molar-refractivity contribution in [3.63, 3.8) is 0 Å².